The van der Waals surface area contributed by atoms with Gasteiger partial charge in [-0.25, -0.2) is 0 Å². The van der Waals surface area contributed by atoms with E-state index >= 15 is 0 Å². The third-order valence-electron chi connectivity index (χ3n) is 2.45. The van der Waals surface area contributed by atoms with Gasteiger partial charge in [0.15, 0.2) is 5.69 Å². The van der Waals surface area contributed by atoms with Crippen molar-refractivity contribution in [2.75, 3.05) is 11.1 Å². The molecule has 0 atom stereocenters. The number of aromatic nitrogens is 2. The summed E-state index contributed by atoms with van der Waals surface area (Å²) in [6, 6.07) is 6.99. The van der Waals surface area contributed by atoms with Gasteiger partial charge >= 0.3 is 0 Å². The van der Waals surface area contributed by atoms with Crippen LogP contribution in [-0.2, 0) is 6.54 Å². The molecule has 0 unspecified atom stereocenters. The van der Waals surface area contributed by atoms with Gasteiger partial charge in [0.05, 0.1) is 16.4 Å². The van der Waals surface area contributed by atoms with Crippen molar-refractivity contribution in [3.8, 4) is 0 Å². The summed E-state index contributed by atoms with van der Waals surface area (Å²) in [6.07, 6.45) is 1.63. The Hall–Kier alpha value is -2.01. The van der Waals surface area contributed by atoms with Gasteiger partial charge in [-0.3, -0.25) is 9.48 Å². The lowest BCUT2D eigenvalue weighted by Crippen LogP contribution is -2.15. The first kappa shape index (κ1) is 12.4. The number of hydrogen-bond donors (Lipinski definition) is 2. The number of carbonyl (C=O) groups excluding carboxylic acids is 1. The number of para-hydroxylation sites is 1. The van der Waals surface area contributed by atoms with E-state index in [2.05, 4.69) is 10.4 Å². The van der Waals surface area contributed by atoms with E-state index < -0.39 is 0 Å². The number of nitrogens with zero attached hydrogens (tertiary/aromatic N) is 2. The fourth-order valence-electron chi connectivity index (χ4n) is 1.52. The van der Waals surface area contributed by atoms with Gasteiger partial charge in [-0.15, -0.1) is 0 Å². The molecule has 1 amide bonds. The molecule has 0 aliphatic carbocycles. The Morgan fingerprint density at radius 2 is 2.22 bits per heavy atom. The van der Waals surface area contributed by atoms with Crippen LogP contribution in [0.2, 0.25) is 5.02 Å². The second-order valence-electron chi connectivity index (χ2n) is 3.72. The summed E-state index contributed by atoms with van der Waals surface area (Å²) in [5.74, 6) is -0.368. The fraction of sp³-hybridized carbons (Fsp3) is 0.167. The third kappa shape index (κ3) is 2.46. The molecule has 0 spiro atoms. The second-order valence-corrected chi connectivity index (χ2v) is 4.13. The minimum absolute atomic E-state index is 0.205. The molecule has 0 saturated carbocycles. The summed E-state index contributed by atoms with van der Waals surface area (Å²) >= 11 is 5.96. The van der Waals surface area contributed by atoms with Crippen LogP contribution in [0, 0.1) is 0 Å². The van der Waals surface area contributed by atoms with Crippen LogP contribution in [-0.4, -0.2) is 15.7 Å². The number of carbonyl (C=O) groups is 1. The lowest BCUT2D eigenvalue weighted by Gasteiger charge is -2.05. The van der Waals surface area contributed by atoms with E-state index in [4.69, 9.17) is 17.3 Å². The molecule has 0 aliphatic heterocycles. The minimum atomic E-state index is -0.368. The second kappa shape index (κ2) is 5.10. The monoisotopic (exact) mass is 264 g/mol. The van der Waals surface area contributed by atoms with Crippen molar-refractivity contribution >= 4 is 28.9 Å². The lowest BCUT2D eigenvalue weighted by atomic mass is 10.3. The van der Waals surface area contributed by atoms with Gasteiger partial charge in [-0.1, -0.05) is 23.7 Å². The number of rotatable bonds is 3. The first-order valence-corrected chi connectivity index (χ1v) is 5.88. The largest absolute Gasteiger partial charge is 0.396 e. The maximum absolute atomic E-state index is 12.0. The summed E-state index contributed by atoms with van der Waals surface area (Å²) < 4.78 is 1.61. The van der Waals surface area contributed by atoms with Crippen molar-refractivity contribution in [2.24, 2.45) is 0 Å². The highest BCUT2D eigenvalue weighted by molar-refractivity contribution is 6.33. The zero-order chi connectivity index (χ0) is 13.1. The van der Waals surface area contributed by atoms with Crippen molar-refractivity contribution in [2.45, 2.75) is 13.5 Å². The Morgan fingerprint density at radius 1 is 1.50 bits per heavy atom. The number of amides is 1. The van der Waals surface area contributed by atoms with Gasteiger partial charge in [0.2, 0.25) is 0 Å². The number of halogens is 1. The number of benzene rings is 1. The van der Waals surface area contributed by atoms with E-state index in [0.29, 0.717) is 22.9 Å². The molecule has 94 valence electrons. The maximum Gasteiger partial charge on any atom is 0.278 e. The molecule has 2 rings (SSSR count). The lowest BCUT2D eigenvalue weighted by molar-refractivity contribution is 0.102. The zero-order valence-corrected chi connectivity index (χ0v) is 10.6. The summed E-state index contributed by atoms with van der Waals surface area (Å²) in [5.41, 5.74) is 6.82. The number of hydrogen-bond acceptors (Lipinski definition) is 3. The van der Waals surface area contributed by atoms with Crippen molar-refractivity contribution < 1.29 is 4.79 Å². The van der Waals surface area contributed by atoms with E-state index in [9.17, 15) is 4.79 Å². The average Bonchev–Trinajstić information content (AvgIpc) is 2.73. The third-order valence-corrected chi connectivity index (χ3v) is 2.78. The molecule has 0 fully saturated rings. The van der Waals surface area contributed by atoms with Crippen LogP contribution in [0.1, 0.15) is 17.4 Å². The number of nitrogens with one attached hydrogen (secondary N) is 1. The fourth-order valence-corrected chi connectivity index (χ4v) is 1.70. The van der Waals surface area contributed by atoms with Gasteiger partial charge < -0.3 is 11.1 Å². The number of anilines is 2. The standard InChI is InChI=1S/C12H13ClN4O/c1-2-17-7-9(14)11(16-17)12(18)15-10-6-4-3-5-8(10)13/h3-7H,2,14H2,1H3,(H,15,18). The smallest absolute Gasteiger partial charge is 0.278 e. The maximum atomic E-state index is 12.0. The highest BCUT2D eigenvalue weighted by Crippen LogP contribution is 2.21. The molecule has 1 heterocycles. The van der Waals surface area contributed by atoms with Crippen LogP contribution < -0.4 is 11.1 Å². The van der Waals surface area contributed by atoms with Crippen LogP contribution in [0.4, 0.5) is 11.4 Å². The Balaban J connectivity index is 2.22. The zero-order valence-electron chi connectivity index (χ0n) is 9.85. The molecule has 6 heteroatoms. The summed E-state index contributed by atoms with van der Waals surface area (Å²) in [7, 11) is 0. The van der Waals surface area contributed by atoms with E-state index in [-0.39, 0.29) is 11.6 Å². The molecule has 3 N–H and O–H groups in total. The molecule has 18 heavy (non-hydrogen) atoms. The SMILES string of the molecule is CCn1cc(N)c(C(=O)Nc2ccccc2Cl)n1. The number of nitrogens with two attached hydrogens (primary N) is 1. The van der Waals surface area contributed by atoms with Crippen molar-refractivity contribution in [1.82, 2.24) is 9.78 Å². The number of aryl methyl sites for hydroxylation is 1. The van der Waals surface area contributed by atoms with Gasteiger partial charge in [-0.2, -0.15) is 5.10 Å². The molecular formula is C12H13ClN4O. The molecule has 0 radical (unpaired) electrons. The Bertz CT molecular complexity index is 579. The highest BCUT2D eigenvalue weighted by atomic mass is 35.5. The van der Waals surface area contributed by atoms with Crippen LogP contribution in [0.3, 0.4) is 0 Å². The van der Waals surface area contributed by atoms with Crippen LogP contribution in [0.5, 0.6) is 0 Å². The van der Waals surface area contributed by atoms with Crippen LogP contribution >= 0.6 is 11.6 Å². The summed E-state index contributed by atoms with van der Waals surface area (Å²) in [6.45, 7) is 2.58. The first-order chi connectivity index (χ1) is 8.61. The molecule has 5 nitrogen and oxygen atoms in total. The molecule has 0 bridgehead atoms. The first-order valence-electron chi connectivity index (χ1n) is 5.50. The normalized spacial score (nSPS) is 10.3. The quantitative estimate of drug-likeness (QED) is 0.894. The van der Waals surface area contributed by atoms with Crippen LogP contribution in [0.15, 0.2) is 30.5 Å². The Labute approximate surface area is 110 Å². The summed E-state index contributed by atoms with van der Waals surface area (Å²) in [4.78, 5) is 12.0. The molecule has 1 aromatic heterocycles. The van der Waals surface area contributed by atoms with E-state index in [1.165, 1.54) is 0 Å². The average molecular weight is 265 g/mol. The minimum Gasteiger partial charge on any atom is -0.396 e. The predicted molar refractivity (Wildman–Crippen MR) is 71.7 cm³/mol. The van der Waals surface area contributed by atoms with E-state index in [1.807, 2.05) is 6.92 Å². The summed E-state index contributed by atoms with van der Waals surface area (Å²) in [5, 5.41) is 7.24. The Morgan fingerprint density at radius 3 is 2.83 bits per heavy atom. The topological polar surface area (TPSA) is 72.9 Å². The number of nitrogen functional groups attached to an aromatic ring is 1. The molecule has 2 aromatic rings. The molecule has 0 saturated heterocycles. The molecule has 1 aromatic carbocycles. The van der Waals surface area contributed by atoms with E-state index in [1.54, 1.807) is 35.1 Å². The van der Waals surface area contributed by atoms with Crippen molar-refractivity contribution in [1.29, 1.82) is 0 Å². The predicted octanol–water partition coefficient (Wildman–Crippen LogP) is 2.39. The highest BCUT2D eigenvalue weighted by Gasteiger charge is 2.15. The van der Waals surface area contributed by atoms with Gasteiger partial charge in [0.25, 0.3) is 5.91 Å². The van der Waals surface area contributed by atoms with Gasteiger partial charge in [0.1, 0.15) is 0 Å². The van der Waals surface area contributed by atoms with Crippen molar-refractivity contribution in [3.05, 3.63) is 41.2 Å². The van der Waals surface area contributed by atoms with Crippen LogP contribution in [0.25, 0.3) is 0 Å². The van der Waals surface area contributed by atoms with Gasteiger partial charge in [0, 0.05) is 12.7 Å². The van der Waals surface area contributed by atoms with E-state index in [0.717, 1.165) is 0 Å². The van der Waals surface area contributed by atoms with Gasteiger partial charge in [-0.05, 0) is 19.1 Å². The molecule has 0 aliphatic rings. The molecular weight excluding hydrogens is 252 g/mol. The Kier molecular flexibility index (Phi) is 3.53. The van der Waals surface area contributed by atoms with Crippen molar-refractivity contribution in [3.63, 3.8) is 0 Å².